The molecule has 0 bridgehead atoms. The molecule has 0 fully saturated rings. The van der Waals surface area contributed by atoms with Crippen LogP contribution in [0.2, 0.25) is 0 Å². The summed E-state index contributed by atoms with van der Waals surface area (Å²) in [4.78, 5) is 12.4. The predicted molar refractivity (Wildman–Crippen MR) is 90.7 cm³/mol. The van der Waals surface area contributed by atoms with Crippen molar-refractivity contribution in [3.63, 3.8) is 0 Å². The van der Waals surface area contributed by atoms with Gasteiger partial charge in [0.25, 0.3) is 5.91 Å². The second kappa shape index (κ2) is 6.65. The average molecular weight is 297 g/mol. The van der Waals surface area contributed by atoms with E-state index in [-0.39, 0.29) is 11.3 Å². The molecule has 0 aliphatic carbocycles. The van der Waals surface area contributed by atoms with E-state index in [0.717, 1.165) is 5.69 Å². The number of para-hydroxylation sites is 1. The Labute approximate surface area is 132 Å². The number of rotatable bonds is 4. The molecule has 0 saturated carbocycles. The molecule has 1 N–H and O–H groups in total. The van der Waals surface area contributed by atoms with Gasteiger partial charge in [-0.1, -0.05) is 45.0 Å². The molecule has 2 aromatic carbocycles. The Bertz CT molecular complexity index is 639. The number of hydrogen-bond donors (Lipinski definition) is 1. The lowest BCUT2D eigenvalue weighted by molar-refractivity contribution is 0.102. The molecule has 0 aromatic heterocycles. The Kier molecular flexibility index (Phi) is 4.86. The number of anilines is 1. The van der Waals surface area contributed by atoms with Gasteiger partial charge in [-0.25, -0.2) is 0 Å². The van der Waals surface area contributed by atoms with Crippen molar-refractivity contribution in [3.8, 4) is 5.75 Å². The molecule has 3 nitrogen and oxygen atoms in total. The van der Waals surface area contributed by atoms with E-state index in [4.69, 9.17) is 4.74 Å². The minimum Gasteiger partial charge on any atom is -0.493 e. The number of carbonyl (C=O) groups excluding carboxylic acids is 1. The minimum atomic E-state index is -0.160. The maximum Gasteiger partial charge on any atom is 0.259 e. The molecular weight excluding hydrogens is 274 g/mol. The third kappa shape index (κ3) is 3.88. The lowest BCUT2D eigenvalue weighted by Gasteiger charge is -2.19. The molecule has 0 aliphatic heterocycles. The third-order valence-electron chi connectivity index (χ3n) is 3.44. The van der Waals surface area contributed by atoms with Crippen LogP contribution in [0.4, 0.5) is 5.69 Å². The average Bonchev–Trinajstić information content (AvgIpc) is 2.47. The topological polar surface area (TPSA) is 38.3 Å². The molecule has 116 valence electrons. The summed E-state index contributed by atoms with van der Waals surface area (Å²) in [5, 5.41) is 2.92. The summed E-state index contributed by atoms with van der Waals surface area (Å²) in [6, 6.07) is 15.2. The van der Waals surface area contributed by atoms with Crippen LogP contribution in [0.5, 0.6) is 5.75 Å². The van der Waals surface area contributed by atoms with E-state index in [1.54, 1.807) is 12.1 Å². The normalized spacial score (nSPS) is 11.1. The summed E-state index contributed by atoms with van der Waals surface area (Å²) in [5.74, 6) is 0.446. The van der Waals surface area contributed by atoms with Crippen molar-refractivity contribution in [2.45, 2.75) is 33.1 Å². The highest BCUT2D eigenvalue weighted by Gasteiger charge is 2.15. The van der Waals surface area contributed by atoms with Crippen LogP contribution >= 0.6 is 0 Å². The van der Waals surface area contributed by atoms with Gasteiger partial charge < -0.3 is 10.1 Å². The standard InChI is InChI=1S/C19H23NO2/c1-5-22-17-9-7-6-8-16(17)18(21)20-15-12-10-14(11-13-15)19(2,3)4/h6-13H,5H2,1-4H3,(H,20,21). The SMILES string of the molecule is CCOc1ccccc1C(=O)Nc1ccc(C(C)(C)C)cc1. The van der Waals surface area contributed by atoms with Crippen molar-refractivity contribution in [3.05, 3.63) is 59.7 Å². The lowest BCUT2D eigenvalue weighted by atomic mass is 9.87. The van der Waals surface area contributed by atoms with Crippen molar-refractivity contribution < 1.29 is 9.53 Å². The second-order valence-corrected chi connectivity index (χ2v) is 6.21. The van der Waals surface area contributed by atoms with Gasteiger partial charge in [0.1, 0.15) is 5.75 Å². The van der Waals surface area contributed by atoms with Crippen LogP contribution in [0.1, 0.15) is 43.6 Å². The minimum absolute atomic E-state index is 0.101. The molecule has 22 heavy (non-hydrogen) atoms. The smallest absolute Gasteiger partial charge is 0.259 e. The summed E-state index contributed by atoms with van der Waals surface area (Å²) in [6.45, 7) is 8.93. The summed E-state index contributed by atoms with van der Waals surface area (Å²) in [6.07, 6.45) is 0. The van der Waals surface area contributed by atoms with Crippen LogP contribution in [0, 0.1) is 0 Å². The Hall–Kier alpha value is -2.29. The summed E-state index contributed by atoms with van der Waals surface area (Å²) in [5.41, 5.74) is 2.66. The van der Waals surface area contributed by atoms with Crippen molar-refractivity contribution in [1.29, 1.82) is 0 Å². The molecule has 0 aliphatic rings. The first-order valence-electron chi connectivity index (χ1n) is 7.55. The number of ether oxygens (including phenoxy) is 1. The molecule has 0 heterocycles. The van der Waals surface area contributed by atoms with Crippen LogP contribution in [0.25, 0.3) is 0 Å². The maximum absolute atomic E-state index is 12.4. The maximum atomic E-state index is 12.4. The van der Waals surface area contributed by atoms with Crippen molar-refractivity contribution in [2.24, 2.45) is 0 Å². The first kappa shape index (κ1) is 16.1. The van der Waals surface area contributed by atoms with E-state index in [1.165, 1.54) is 5.56 Å². The van der Waals surface area contributed by atoms with Crippen LogP contribution < -0.4 is 10.1 Å². The van der Waals surface area contributed by atoms with Gasteiger partial charge in [0.05, 0.1) is 12.2 Å². The van der Waals surface area contributed by atoms with Gasteiger partial charge in [-0.2, -0.15) is 0 Å². The van der Waals surface area contributed by atoms with Gasteiger partial charge in [0.2, 0.25) is 0 Å². The molecule has 0 spiro atoms. The quantitative estimate of drug-likeness (QED) is 0.893. The van der Waals surface area contributed by atoms with E-state index in [1.807, 2.05) is 43.3 Å². The van der Waals surface area contributed by atoms with Gasteiger partial charge in [-0.3, -0.25) is 4.79 Å². The van der Waals surface area contributed by atoms with Crippen molar-refractivity contribution in [1.82, 2.24) is 0 Å². The van der Waals surface area contributed by atoms with E-state index in [9.17, 15) is 4.79 Å². The van der Waals surface area contributed by atoms with E-state index in [0.29, 0.717) is 17.9 Å². The van der Waals surface area contributed by atoms with Crippen molar-refractivity contribution in [2.75, 3.05) is 11.9 Å². The molecule has 3 heteroatoms. The zero-order valence-electron chi connectivity index (χ0n) is 13.6. The highest BCUT2D eigenvalue weighted by atomic mass is 16.5. The first-order valence-corrected chi connectivity index (χ1v) is 7.55. The summed E-state index contributed by atoms with van der Waals surface area (Å²) < 4.78 is 5.50. The fourth-order valence-corrected chi connectivity index (χ4v) is 2.19. The van der Waals surface area contributed by atoms with Gasteiger partial charge in [-0.15, -0.1) is 0 Å². The highest BCUT2D eigenvalue weighted by molar-refractivity contribution is 6.06. The van der Waals surface area contributed by atoms with E-state index in [2.05, 4.69) is 26.1 Å². The third-order valence-corrected chi connectivity index (χ3v) is 3.44. The predicted octanol–water partition coefficient (Wildman–Crippen LogP) is 4.64. The van der Waals surface area contributed by atoms with Crippen LogP contribution in [0.15, 0.2) is 48.5 Å². The first-order chi connectivity index (χ1) is 10.4. The van der Waals surface area contributed by atoms with Crippen LogP contribution in [-0.4, -0.2) is 12.5 Å². The lowest BCUT2D eigenvalue weighted by Crippen LogP contribution is -2.14. The Morgan fingerprint density at radius 1 is 1.05 bits per heavy atom. The largest absolute Gasteiger partial charge is 0.493 e. The fraction of sp³-hybridized carbons (Fsp3) is 0.316. The molecule has 0 unspecified atom stereocenters. The number of benzene rings is 2. The molecule has 2 aromatic rings. The van der Waals surface area contributed by atoms with Gasteiger partial charge in [0, 0.05) is 5.69 Å². The monoisotopic (exact) mass is 297 g/mol. The fourth-order valence-electron chi connectivity index (χ4n) is 2.19. The zero-order chi connectivity index (χ0) is 16.2. The molecular formula is C19H23NO2. The van der Waals surface area contributed by atoms with Gasteiger partial charge in [0.15, 0.2) is 0 Å². The Morgan fingerprint density at radius 2 is 1.68 bits per heavy atom. The number of carbonyl (C=O) groups is 1. The van der Waals surface area contributed by atoms with Crippen molar-refractivity contribution >= 4 is 11.6 Å². The summed E-state index contributed by atoms with van der Waals surface area (Å²) >= 11 is 0. The Morgan fingerprint density at radius 3 is 2.27 bits per heavy atom. The molecule has 1 amide bonds. The number of amides is 1. The van der Waals surface area contributed by atoms with E-state index >= 15 is 0 Å². The zero-order valence-corrected chi connectivity index (χ0v) is 13.6. The molecule has 2 rings (SSSR count). The molecule has 0 radical (unpaired) electrons. The molecule has 0 saturated heterocycles. The summed E-state index contributed by atoms with van der Waals surface area (Å²) in [7, 11) is 0. The van der Waals surface area contributed by atoms with Crippen LogP contribution in [-0.2, 0) is 5.41 Å². The van der Waals surface area contributed by atoms with Gasteiger partial charge in [-0.05, 0) is 42.2 Å². The number of hydrogen-bond acceptors (Lipinski definition) is 2. The molecule has 0 atom stereocenters. The van der Waals surface area contributed by atoms with E-state index < -0.39 is 0 Å². The Balaban J connectivity index is 2.16. The number of nitrogens with one attached hydrogen (secondary N) is 1. The second-order valence-electron chi connectivity index (χ2n) is 6.21. The highest BCUT2D eigenvalue weighted by Crippen LogP contribution is 2.24. The van der Waals surface area contributed by atoms with Gasteiger partial charge >= 0.3 is 0 Å². The van der Waals surface area contributed by atoms with Crippen LogP contribution in [0.3, 0.4) is 0 Å².